The Hall–Kier alpha value is -1.06. The molecule has 0 unspecified atom stereocenters. The maximum atomic E-state index is 5.95. The fourth-order valence-electron chi connectivity index (χ4n) is 2.18. The van der Waals surface area contributed by atoms with Crippen LogP contribution in [0, 0.1) is 0 Å². The van der Waals surface area contributed by atoms with Gasteiger partial charge in [-0.1, -0.05) is 39.8 Å². The van der Waals surface area contributed by atoms with E-state index in [-0.39, 0.29) is 6.29 Å². The van der Waals surface area contributed by atoms with Gasteiger partial charge in [-0.15, -0.1) is 0 Å². The molecule has 0 aliphatic rings. The minimum Gasteiger partial charge on any atom is -0.488 e. The van der Waals surface area contributed by atoms with Gasteiger partial charge in [0, 0.05) is 13.2 Å². The van der Waals surface area contributed by atoms with E-state index in [4.69, 9.17) is 14.2 Å². The maximum absolute atomic E-state index is 5.95. The van der Waals surface area contributed by atoms with Gasteiger partial charge in [-0.05, 0) is 42.9 Å². The quantitative estimate of drug-likeness (QED) is 0.617. The van der Waals surface area contributed by atoms with E-state index in [0.717, 1.165) is 5.75 Å². The summed E-state index contributed by atoms with van der Waals surface area (Å²) in [5.74, 6) is 1.88. The zero-order valence-electron chi connectivity index (χ0n) is 14.3. The van der Waals surface area contributed by atoms with E-state index in [9.17, 15) is 0 Å². The van der Waals surface area contributed by atoms with Crippen LogP contribution in [0.3, 0.4) is 0 Å². The first-order valence-corrected chi connectivity index (χ1v) is 7.99. The van der Waals surface area contributed by atoms with Crippen LogP contribution >= 0.6 is 0 Å². The third-order valence-corrected chi connectivity index (χ3v) is 3.40. The van der Waals surface area contributed by atoms with Gasteiger partial charge in [0.15, 0.2) is 6.29 Å². The van der Waals surface area contributed by atoms with E-state index in [1.165, 1.54) is 11.1 Å². The van der Waals surface area contributed by atoms with Gasteiger partial charge in [0.05, 0.1) is 0 Å². The summed E-state index contributed by atoms with van der Waals surface area (Å²) in [7, 11) is 0. The highest BCUT2D eigenvalue weighted by atomic mass is 16.7. The van der Waals surface area contributed by atoms with Crippen molar-refractivity contribution in [3.63, 3.8) is 0 Å². The molecule has 21 heavy (non-hydrogen) atoms. The molecule has 0 saturated heterocycles. The van der Waals surface area contributed by atoms with Crippen molar-refractivity contribution in [2.75, 3.05) is 19.8 Å². The fourth-order valence-corrected chi connectivity index (χ4v) is 2.18. The zero-order valence-corrected chi connectivity index (χ0v) is 14.3. The van der Waals surface area contributed by atoms with Crippen molar-refractivity contribution in [2.45, 2.75) is 59.7 Å². The van der Waals surface area contributed by atoms with Gasteiger partial charge < -0.3 is 14.2 Å². The fraction of sp³-hybridized carbons (Fsp3) is 0.667. The van der Waals surface area contributed by atoms with Gasteiger partial charge in [-0.25, -0.2) is 0 Å². The molecule has 0 N–H and O–H groups in total. The van der Waals surface area contributed by atoms with Crippen molar-refractivity contribution in [1.82, 2.24) is 0 Å². The summed E-state index contributed by atoms with van der Waals surface area (Å²) in [5, 5.41) is 0. The van der Waals surface area contributed by atoms with E-state index in [1.54, 1.807) is 0 Å². The Morgan fingerprint density at radius 2 is 1.52 bits per heavy atom. The molecule has 0 radical (unpaired) electrons. The van der Waals surface area contributed by atoms with Gasteiger partial charge in [-0.2, -0.15) is 0 Å². The van der Waals surface area contributed by atoms with Gasteiger partial charge in [0.1, 0.15) is 12.4 Å². The minimum absolute atomic E-state index is 0.301. The molecule has 3 nitrogen and oxygen atoms in total. The average molecular weight is 294 g/mol. The van der Waals surface area contributed by atoms with Gasteiger partial charge in [-0.3, -0.25) is 0 Å². The number of ether oxygens (including phenoxy) is 3. The van der Waals surface area contributed by atoms with Crippen LogP contribution < -0.4 is 4.74 Å². The van der Waals surface area contributed by atoms with Crippen molar-refractivity contribution in [2.24, 2.45) is 0 Å². The first kappa shape index (κ1) is 18.0. The third-order valence-electron chi connectivity index (χ3n) is 3.40. The van der Waals surface area contributed by atoms with Crippen molar-refractivity contribution in [1.29, 1.82) is 0 Å². The number of benzene rings is 1. The molecule has 120 valence electrons. The summed E-state index contributed by atoms with van der Waals surface area (Å²) in [6.07, 6.45) is -0.301. The normalized spacial score (nSPS) is 11.7. The van der Waals surface area contributed by atoms with Gasteiger partial charge in [0.2, 0.25) is 0 Å². The van der Waals surface area contributed by atoms with Crippen LogP contribution in [0.1, 0.15) is 64.5 Å². The molecule has 0 heterocycles. The second-order valence-corrected chi connectivity index (χ2v) is 5.76. The molecular formula is C18H30O3. The molecule has 0 amide bonds. The lowest BCUT2D eigenvalue weighted by Gasteiger charge is -2.21. The smallest absolute Gasteiger partial charge is 0.191 e. The van der Waals surface area contributed by atoms with Crippen molar-refractivity contribution in [3.8, 4) is 5.75 Å². The summed E-state index contributed by atoms with van der Waals surface area (Å²) in [6.45, 7) is 14.4. The topological polar surface area (TPSA) is 27.7 Å². The third kappa shape index (κ3) is 5.68. The van der Waals surface area contributed by atoms with E-state index in [2.05, 4.69) is 45.9 Å². The molecule has 0 aliphatic carbocycles. The summed E-state index contributed by atoms with van der Waals surface area (Å²) in [5.41, 5.74) is 2.59. The van der Waals surface area contributed by atoms with E-state index in [0.29, 0.717) is 31.7 Å². The van der Waals surface area contributed by atoms with Crippen molar-refractivity contribution in [3.05, 3.63) is 29.3 Å². The minimum atomic E-state index is -0.301. The Kier molecular flexibility index (Phi) is 7.76. The molecule has 1 aromatic rings. The molecule has 0 aliphatic heterocycles. The van der Waals surface area contributed by atoms with Crippen LogP contribution in [-0.4, -0.2) is 26.1 Å². The van der Waals surface area contributed by atoms with Gasteiger partial charge in [0.25, 0.3) is 0 Å². The Balaban J connectivity index is 2.81. The molecular weight excluding hydrogens is 264 g/mol. The molecule has 0 fully saturated rings. The summed E-state index contributed by atoms with van der Waals surface area (Å²) < 4.78 is 17.0. The molecule has 0 saturated carbocycles. The Labute approximate surface area is 129 Å². The largest absolute Gasteiger partial charge is 0.488 e. The molecule has 3 heteroatoms. The predicted octanol–water partition coefficient (Wildman–Crippen LogP) is 4.71. The highest BCUT2D eigenvalue weighted by Crippen LogP contribution is 2.30. The van der Waals surface area contributed by atoms with Gasteiger partial charge >= 0.3 is 0 Å². The Bertz CT molecular complexity index is 407. The van der Waals surface area contributed by atoms with E-state index >= 15 is 0 Å². The highest BCUT2D eigenvalue weighted by molar-refractivity contribution is 5.40. The molecule has 0 bridgehead atoms. The molecule has 1 aromatic carbocycles. The lowest BCUT2D eigenvalue weighted by atomic mass is 9.95. The molecule has 0 spiro atoms. The van der Waals surface area contributed by atoms with Crippen molar-refractivity contribution >= 4 is 0 Å². The van der Waals surface area contributed by atoms with Crippen LogP contribution in [0.5, 0.6) is 5.75 Å². The highest BCUT2D eigenvalue weighted by Gasteiger charge is 2.14. The molecule has 1 rings (SSSR count). The van der Waals surface area contributed by atoms with Crippen LogP contribution in [0.15, 0.2) is 18.2 Å². The summed E-state index contributed by atoms with van der Waals surface area (Å²) in [4.78, 5) is 0. The number of hydrogen-bond acceptors (Lipinski definition) is 3. The second-order valence-electron chi connectivity index (χ2n) is 5.76. The Morgan fingerprint density at radius 1 is 0.905 bits per heavy atom. The summed E-state index contributed by atoms with van der Waals surface area (Å²) >= 11 is 0. The van der Waals surface area contributed by atoms with Crippen LogP contribution in [-0.2, 0) is 9.47 Å². The number of hydrogen-bond donors (Lipinski definition) is 0. The molecule has 0 atom stereocenters. The SMILES string of the molecule is CCOC(COc1ccc(C(C)C)cc1C(C)C)OCC. The molecule has 0 aromatic heterocycles. The lowest BCUT2D eigenvalue weighted by Crippen LogP contribution is -2.25. The maximum Gasteiger partial charge on any atom is 0.191 e. The Morgan fingerprint density at radius 3 is 2.00 bits per heavy atom. The van der Waals surface area contributed by atoms with Crippen LogP contribution in [0.2, 0.25) is 0 Å². The zero-order chi connectivity index (χ0) is 15.8. The summed E-state index contributed by atoms with van der Waals surface area (Å²) in [6, 6.07) is 6.46. The van der Waals surface area contributed by atoms with Crippen LogP contribution in [0.4, 0.5) is 0 Å². The monoisotopic (exact) mass is 294 g/mol. The standard InChI is InChI=1S/C18H30O3/c1-7-19-18(20-8-2)12-21-17-10-9-15(13(3)4)11-16(17)14(5)6/h9-11,13-14,18H,7-8,12H2,1-6H3. The van der Waals surface area contributed by atoms with Crippen LogP contribution in [0.25, 0.3) is 0 Å². The first-order valence-electron chi connectivity index (χ1n) is 7.99. The average Bonchev–Trinajstić information content (AvgIpc) is 2.44. The second kappa shape index (κ2) is 9.06. The lowest BCUT2D eigenvalue weighted by molar-refractivity contribution is -0.152. The van der Waals surface area contributed by atoms with E-state index in [1.807, 2.05) is 13.8 Å². The predicted molar refractivity (Wildman–Crippen MR) is 87.2 cm³/mol. The first-order chi connectivity index (χ1) is 9.99. The van der Waals surface area contributed by atoms with E-state index < -0.39 is 0 Å². The van der Waals surface area contributed by atoms with Crippen molar-refractivity contribution < 1.29 is 14.2 Å². The number of rotatable bonds is 9.